The molecule has 90 valence electrons. The molecule has 4 heteroatoms. The molecule has 0 atom stereocenters. The molecule has 0 spiro atoms. The number of aromatic carboxylic acids is 1. The van der Waals surface area contributed by atoms with Crippen LogP contribution in [0.15, 0.2) is 36.4 Å². The molecule has 0 radical (unpaired) electrons. The van der Waals surface area contributed by atoms with Gasteiger partial charge in [-0.25, -0.2) is 4.79 Å². The van der Waals surface area contributed by atoms with Crippen molar-refractivity contribution in [3.63, 3.8) is 0 Å². The van der Waals surface area contributed by atoms with E-state index in [9.17, 15) is 15.0 Å². The molecular weight excluding hydrogens is 220 g/mol. The molecule has 0 saturated heterocycles. The Labute approximate surface area is 99.2 Å². The van der Waals surface area contributed by atoms with Crippen LogP contribution in [0.5, 0.6) is 11.5 Å². The Bertz CT molecular complexity index is 473. The van der Waals surface area contributed by atoms with Crippen LogP contribution in [0.2, 0.25) is 0 Å². The standard InChI is InChI=1S/C13H14O4/c1-2-3-4-5-6-9-11(14)8-7-10(12(9)15)13(16)17/h2-5,7-8,14-15H,6H2,1H3,(H,16,17). The molecule has 4 nitrogen and oxygen atoms in total. The largest absolute Gasteiger partial charge is 0.508 e. The van der Waals surface area contributed by atoms with Crippen molar-refractivity contribution in [1.82, 2.24) is 0 Å². The molecule has 0 aliphatic heterocycles. The van der Waals surface area contributed by atoms with Crippen LogP contribution in [-0.2, 0) is 6.42 Å². The smallest absolute Gasteiger partial charge is 0.339 e. The summed E-state index contributed by atoms with van der Waals surface area (Å²) in [6, 6.07) is 2.44. The Balaban J connectivity index is 3.05. The quantitative estimate of drug-likeness (QED) is 0.699. The number of hydrogen-bond donors (Lipinski definition) is 3. The lowest BCUT2D eigenvalue weighted by Crippen LogP contribution is -1.99. The summed E-state index contributed by atoms with van der Waals surface area (Å²) in [5.74, 6) is -1.72. The minimum Gasteiger partial charge on any atom is -0.508 e. The average molecular weight is 234 g/mol. The summed E-state index contributed by atoms with van der Waals surface area (Å²) in [6.07, 6.45) is 7.38. The number of phenolic OH excluding ortho intramolecular Hbond substituents is 1. The molecule has 0 fully saturated rings. The predicted molar refractivity (Wildman–Crippen MR) is 64.4 cm³/mol. The maximum atomic E-state index is 10.8. The predicted octanol–water partition coefficient (Wildman–Crippen LogP) is 2.47. The lowest BCUT2D eigenvalue weighted by molar-refractivity contribution is 0.0693. The fourth-order valence-corrected chi connectivity index (χ4v) is 1.38. The summed E-state index contributed by atoms with van der Waals surface area (Å²) >= 11 is 0. The maximum Gasteiger partial charge on any atom is 0.339 e. The van der Waals surface area contributed by atoms with E-state index in [1.165, 1.54) is 12.1 Å². The zero-order valence-electron chi connectivity index (χ0n) is 9.42. The molecule has 0 aliphatic rings. The summed E-state index contributed by atoms with van der Waals surface area (Å²) in [6.45, 7) is 1.87. The molecule has 0 aromatic heterocycles. The minimum atomic E-state index is -1.22. The van der Waals surface area contributed by atoms with Crippen molar-refractivity contribution >= 4 is 5.97 Å². The van der Waals surface area contributed by atoms with Crippen LogP contribution in [0.3, 0.4) is 0 Å². The highest BCUT2D eigenvalue weighted by atomic mass is 16.4. The van der Waals surface area contributed by atoms with E-state index in [0.29, 0.717) is 0 Å². The summed E-state index contributed by atoms with van der Waals surface area (Å²) in [5.41, 5.74) is 0.00267. The van der Waals surface area contributed by atoms with Gasteiger partial charge in [0, 0.05) is 5.56 Å². The van der Waals surface area contributed by atoms with Crippen molar-refractivity contribution in [3.8, 4) is 11.5 Å². The van der Waals surface area contributed by atoms with Crippen LogP contribution in [-0.4, -0.2) is 21.3 Å². The topological polar surface area (TPSA) is 77.8 Å². The number of allylic oxidation sites excluding steroid dienone is 4. The molecule has 0 heterocycles. The molecule has 1 aromatic rings. The summed E-state index contributed by atoms with van der Waals surface area (Å²) < 4.78 is 0. The first kappa shape index (κ1) is 12.8. The second-order valence-corrected chi connectivity index (χ2v) is 3.42. The van der Waals surface area contributed by atoms with Gasteiger partial charge in [-0.3, -0.25) is 0 Å². The summed E-state index contributed by atoms with van der Waals surface area (Å²) in [7, 11) is 0. The van der Waals surface area contributed by atoms with Crippen LogP contribution in [0, 0.1) is 0 Å². The molecular formula is C13H14O4. The number of benzene rings is 1. The van der Waals surface area contributed by atoms with Crippen molar-refractivity contribution in [3.05, 3.63) is 47.6 Å². The van der Waals surface area contributed by atoms with Gasteiger partial charge in [0.2, 0.25) is 0 Å². The lowest BCUT2D eigenvalue weighted by atomic mass is 10.0. The van der Waals surface area contributed by atoms with Gasteiger partial charge in [0.15, 0.2) is 0 Å². The Kier molecular flexibility index (Phi) is 4.34. The Hall–Kier alpha value is -2.23. The van der Waals surface area contributed by atoms with Gasteiger partial charge in [-0.2, -0.15) is 0 Å². The van der Waals surface area contributed by atoms with Crippen molar-refractivity contribution in [2.75, 3.05) is 0 Å². The number of aromatic hydroxyl groups is 2. The monoisotopic (exact) mass is 234 g/mol. The van der Waals surface area contributed by atoms with E-state index in [2.05, 4.69) is 0 Å². The fraction of sp³-hybridized carbons (Fsp3) is 0.154. The summed E-state index contributed by atoms with van der Waals surface area (Å²) in [5, 5.41) is 28.1. The highest BCUT2D eigenvalue weighted by Gasteiger charge is 2.15. The zero-order chi connectivity index (χ0) is 12.8. The van der Waals surface area contributed by atoms with E-state index in [-0.39, 0.29) is 29.0 Å². The van der Waals surface area contributed by atoms with E-state index in [4.69, 9.17) is 5.11 Å². The normalized spacial score (nSPS) is 11.4. The molecule has 0 aliphatic carbocycles. The van der Waals surface area contributed by atoms with Gasteiger partial charge in [0.25, 0.3) is 0 Å². The lowest BCUT2D eigenvalue weighted by Gasteiger charge is -2.07. The van der Waals surface area contributed by atoms with Gasteiger partial charge in [0.05, 0.1) is 0 Å². The first-order chi connectivity index (χ1) is 8.07. The van der Waals surface area contributed by atoms with Crippen LogP contribution in [0.1, 0.15) is 22.8 Å². The van der Waals surface area contributed by atoms with Gasteiger partial charge in [-0.05, 0) is 25.5 Å². The fourth-order valence-electron chi connectivity index (χ4n) is 1.38. The number of carboxylic acids is 1. The number of phenols is 2. The van der Waals surface area contributed by atoms with E-state index in [0.717, 1.165) is 0 Å². The number of carboxylic acid groups (broad SMARTS) is 1. The molecule has 0 unspecified atom stereocenters. The second-order valence-electron chi connectivity index (χ2n) is 3.42. The maximum absolute atomic E-state index is 10.8. The van der Waals surface area contributed by atoms with Crippen molar-refractivity contribution < 1.29 is 20.1 Å². The SMILES string of the molecule is CC=CC=CCc1c(O)ccc(C(=O)O)c1O. The third-order valence-electron chi connectivity index (χ3n) is 2.25. The highest BCUT2D eigenvalue weighted by Crippen LogP contribution is 2.31. The molecule has 17 heavy (non-hydrogen) atoms. The van der Waals surface area contributed by atoms with Crippen LogP contribution >= 0.6 is 0 Å². The van der Waals surface area contributed by atoms with Gasteiger partial charge in [0.1, 0.15) is 17.1 Å². The first-order valence-electron chi connectivity index (χ1n) is 5.12. The van der Waals surface area contributed by atoms with Gasteiger partial charge >= 0.3 is 5.97 Å². The summed E-state index contributed by atoms with van der Waals surface area (Å²) in [4.78, 5) is 10.8. The van der Waals surface area contributed by atoms with Gasteiger partial charge < -0.3 is 15.3 Å². The molecule has 0 bridgehead atoms. The second kappa shape index (κ2) is 5.75. The van der Waals surface area contributed by atoms with E-state index < -0.39 is 5.97 Å². The van der Waals surface area contributed by atoms with Crippen LogP contribution in [0.4, 0.5) is 0 Å². The van der Waals surface area contributed by atoms with Crippen molar-refractivity contribution in [2.45, 2.75) is 13.3 Å². The van der Waals surface area contributed by atoms with Crippen molar-refractivity contribution in [2.24, 2.45) is 0 Å². The van der Waals surface area contributed by atoms with E-state index in [1.54, 1.807) is 18.2 Å². The Morgan fingerprint density at radius 2 is 2.00 bits per heavy atom. The molecule has 1 rings (SSSR count). The molecule has 0 amide bonds. The van der Waals surface area contributed by atoms with Gasteiger partial charge in [-0.15, -0.1) is 0 Å². The third kappa shape index (κ3) is 3.11. The highest BCUT2D eigenvalue weighted by molar-refractivity contribution is 5.91. The van der Waals surface area contributed by atoms with E-state index >= 15 is 0 Å². The Morgan fingerprint density at radius 3 is 2.59 bits per heavy atom. The van der Waals surface area contributed by atoms with Crippen LogP contribution < -0.4 is 0 Å². The third-order valence-corrected chi connectivity index (χ3v) is 2.25. The van der Waals surface area contributed by atoms with E-state index in [1.807, 2.05) is 13.0 Å². The number of rotatable bonds is 4. The van der Waals surface area contributed by atoms with Crippen LogP contribution in [0.25, 0.3) is 0 Å². The number of carbonyl (C=O) groups is 1. The van der Waals surface area contributed by atoms with Gasteiger partial charge in [-0.1, -0.05) is 24.3 Å². The molecule has 3 N–H and O–H groups in total. The van der Waals surface area contributed by atoms with Crippen molar-refractivity contribution in [1.29, 1.82) is 0 Å². The Morgan fingerprint density at radius 1 is 1.29 bits per heavy atom. The molecule has 0 saturated carbocycles. The minimum absolute atomic E-state index is 0.113. The molecule has 1 aromatic carbocycles. The average Bonchev–Trinajstić information content (AvgIpc) is 2.27. The first-order valence-corrected chi connectivity index (χ1v) is 5.12. The number of hydrogen-bond acceptors (Lipinski definition) is 3. The zero-order valence-corrected chi connectivity index (χ0v) is 9.42.